The summed E-state index contributed by atoms with van der Waals surface area (Å²) in [5.74, 6) is 0.628. The topological polar surface area (TPSA) is 79.1 Å². The number of para-hydroxylation sites is 1. The fraction of sp³-hybridized carbons (Fsp3) is 0.269. The van der Waals surface area contributed by atoms with Crippen molar-refractivity contribution in [3.63, 3.8) is 0 Å². The van der Waals surface area contributed by atoms with E-state index in [1.54, 1.807) is 61.9 Å². The number of hydrogen-bond donors (Lipinski definition) is 0. The van der Waals surface area contributed by atoms with Crippen LogP contribution in [-0.2, 0) is 9.53 Å². The Morgan fingerprint density at radius 3 is 2.57 bits per heavy atom. The van der Waals surface area contributed by atoms with Crippen molar-refractivity contribution in [3.05, 3.63) is 89.6 Å². The van der Waals surface area contributed by atoms with Gasteiger partial charge in [-0.1, -0.05) is 47.2 Å². The Hall–Kier alpha value is -3.36. The fourth-order valence-electron chi connectivity index (χ4n) is 4.00. The van der Waals surface area contributed by atoms with Crippen molar-refractivity contribution in [2.45, 2.75) is 26.8 Å². The van der Waals surface area contributed by atoms with Crippen LogP contribution in [0.4, 0.5) is 0 Å². The number of aromatic nitrogens is 1. The van der Waals surface area contributed by atoms with E-state index in [4.69, 9.17) is 25.8 Å². The number of benzene rings is 2. The number of esters is 1. The van der Waals surface area contributed by atoms with Crippen LogP contribution in [0.5, 0.6) is 11.5 Å². The van der Waals surface area contributed by atoms with E-state index in [0.717, 1.165) is 5.56 Å². The first-order chi connectivity index (χ1) is 16.9. The van der Waals surface area contributed by atoms with Crippen molar-refractivity contribution in [2.24, 2.45) is 4.99 Å². The van der Waals surface area contributed by atoms with Crippen LogP contribution in [0.2, 0.25) is 5.02 Å². The van der Waals surface area contributed by atoms with Crippen LogP contribution in [0.1, 0.15) is 37.9 Å². The lowest BCUT2D eigenvalue weighted by atomic mass is 9.96. The molecule has 0 unspecified atom stereocenters. The summed E-state index contributed by atoms with van der Waals surface area (Å²) in [4.78, 5) is 31.8. The number of carbonyl (C=O) groups excluding carboxylic acids is 1. The second kappa shape index (κ2) is 10.5. The van der Waals surface area contributed by atoms with Crippen LogP contribution in [0, 0.1) is 0 Å². The highest BCUT2D eigenvalue weighted by molar-refractivity contribution is 7.07. The number of ether oxygens (including phenoxy) is 3. The average Bonchev–Trinajstić information content (AvgIpc) is 3.14. The molecule has 0 spiro atoms. The SMILES string of the molecule is CCOC(=O)C1=C(C)N=c2s/c(=C\c3cccc(OC)c3OCC)c(=O)n2[C@@H]1c1ccc(Cl)cc1. The molecule has 4 rings (SSSR count). The van der Waals surface area contributed by atoms with E-state index in [1.807, 2.05) is 19.1 Å². The van der Waals surface area contributed by atoms with Crippen LogP contribution < -0.4 is 24.4 Å². The molecule has 35 heavy (non-hydrogen) atoms. The number of halogens is 1. The molecule has 0 amide bonds. The summed E-state index contributed by atoms with van der Waals surface area (Å²) in [6, 6.07) is 11.9. The minimum absolute atomic E-state index is 0.212. The van der Waals surface area contributed by atoms with Crippen molar-refractivity contribution in [3.8, 4) is 11.5 Å². The molecule has 0 saturated carbocycles. The van der Waals surface area contributed by atoms with E-state index in [1.165, 1.54) is 11.3 Å². The quantitative estimate of drug-likeness (QED) is 0.449. The second-order valence-electron chi connectivity index (χ2n) is 7.67. The van der Waals surface area contributed by atoms with Gasteiger partial charge in [0.25, 0.3) is 5.56 Å². The van der Waals surface area contributed by atoms with E-state index in [-0.39, 0.29) is 12.2 Å². The van der Waals surface area contributed by atoms with Gasteiger partial charge in [0.05, 0.1) is 42.2 Å². The first-order valence-electron chi connectivity index (χ1n) is 11.1. The number of methoxy groups -OCH3 is 1. The summed E-state index contributed by atoms with van der Waals surface area (Å²) in [6.07, 6.45) is 1.76. The third-order valence-electron chi connectivity index (χ3n) is 5.51. The Morgan fingerprint density at radius 2 is 1.91 bits per heavy atom. The minimum atomic E-state index is -0.693. The molecule has 0 radical (unpaired) electrons. The molecule has 0 fully saturated rings. The molecule has 1 aliphatic rings. The molecule has 0 saturated heterocycles. The smallest absolute Gasteiger partial charge is 0.338 e. The zero-order valence-electron chi connectivity index (χ0n) is 19.8. The van der Waals surface area contributed by atoms with Crippen LogP contribution in [0.15, 0.2) is 63.5 Å². The van der Waals surface area contributed by atoms with Gasteiger partial charge in [-0.15, -0.1) is 0 Å². The Morgan fingerprint density at radius 1 is 1.17 bits per heavy atom. The Bertz CT molecular complexity index is 1470. The largest absolute Gasteiger partial charge is 0.493 e. The maximum Gasteiger partial charge on any atom is 0.338 e. The minimum Gasteiger partial charge on any atom is -0.493 e. The number of carbonyl (C=O) groups is 1. The normalized spacial score (nSPS) is 15.5. The number of nitrogens with zero attached hydrogens (tertiary/aromatic N) is 2. The maximum absolute atomic E-state index is 13.7. The molecule has 182 valence electrons. The van der Waals surface area contributed by atoms with Crippen molar-refractivity contribution in [2.75, 3.05) is 20.3 Å². The Kier molecular flexibility index (Phi) is 7.42. The summed E-state index contributed by atoms with van der Waals surface area (Å²) >= 11 is 7.35. The van der Waals surface area contributed by atoms with Crippen LogP contribution in [0.3, 0.4) is 0 Å². The highest BCUT2D eigenvalue weighted by atomic mass is 35.5. The maximum atomic E-state index is 13.7. The molecule has 1 atom stereocenters. The van der Waals surface area contributed by atoms with Gasteiger partial charge >= 0.3 is 5.97 Å². The van der Waals surface area contributed by atoms with E-state index in [9.17, 15) is 9.59 Å². The summed E-state index contributed by atoms with van der Waals surface area (Å²) in [5, 5.41) is 0.557. The van der Waals surface area contributed by atoms with E-state index in [0.29, 0.717) is 49.3 Å². The highest BCUT2D eigenvalue weighted by Crippen LogP contribution is 2.33. The van der Waals surface area contributed by atoms with E-state index in [2.05, 4.69) is 4.99 Å². The van der Waals surface area contributed by atoms with Gasteiger partial charge in [-0.25, -0.2) is 9.79 Å². The zero-order valence-corrected chi connectivity index (χ0v) is 21.4. The molecule has 3 aromatic rings. The molecule has 2 heterocycles. The number of fused-ring (bicyclic) bond motifs is 1. The molecule has 9 heteroatoms. The molecular weight excluding hydrogens is 488 g/mol. The van der Waals surface area contributed by atoms with Crippen LogP contribution in [-0.4, -0.2) is 30.9 Å². The van der Waals surface area contributed by atoms with Gasteiger partial charge in [0, 0.05) is 10.6 Å². The standard InChI is InChI=1S/C26H25ClN2O5S/c1-5-33-23-17(8-7-9-19(23)32-4)14-20-24(30)29-22(16-10-12-18(27)13-11-16)21(25(31)34-6-2)15(3)28-26(29)35-20/h7-14,22H,5-6H2,1-4H3/b20-14-/t22-/m1/s1. The first kappa shape index (κ1) is 24.8. The van der Waals surface area contributed by atoms with Crippen molar-refractivity contribution < 1.29 is 19.0 Å². The van der Waals surface area contributed by atoms with Crippen LogP contribution >= 0.6 is 22.9 Å². The zero-order chi connectivity index (χ0) is 25.1. The molecule has 0 N–H and O–H groups in total. The van der Waals surface area contributed by atoms with E-state index >= 15 is 0 Å². The van der Waals surface area contributed by atoms with Gasteiger partial charge in [-0.05, 0) is 50.6 Å². The fourth-order valence-corrected chi connectivity index (χ4v) is 5.16. The number of hydrogen-bond acceptors (Lipinski definition) is 7. The van der Waals surface area contributed by atoms with Gasteiger partial charge in [0.2, 0.25) is 0 Å². The van der Waals surface area contributed by atoms with Gasteiger partial charge in [0.1, 0.15) is 0 Å². The number of allylic oxidation sites excluding steroid dienone is 1. The van der Waals surface area contributed by atoms with Gasteiger partial charge in [-0.2, -0.15) is 0 Å². The van der Waals surface area contributed by atoms with Gasteiger partial charge < -0.3 is 14.2 Å². The van der Waals surface area contributed by atoms with Crippen LogP contribution in [0.25, 0.3) is 6.08 Å². The summed E-state index contributed by atoms with van der Waals surface area (Å²) in [6.45, 7) is 6.03. The summed E-state index contributed by atoms with van der Waals surface area (Å²) in [5.41, 5.74) is 2.00. The monoisotopic (exact) mass is 512 g/mol. The van der Waals surface area contributed by atoms with Crippen molar-refractivity contribution >= 4 is 35.0 Å². The molecular formula is C26H25ClN2O5S. The summed E-state index contributed by atoms with van der Waals surface area (Å²) < 4.78 is 18.6. The molecule has 0 bridgehead atoms. The average molecular weight is 513 g/mol. The molecule has 7 nitrogen and oxygen atoms in total. The molecule has 2 aromatic carbocycles. The Labute approximate surface area is 211 Å². The lowest BCUT2D eigenvalue weighted by molar-refractivity contribution is -0.139. The second-order valence-corrected chi connectivity index (χ2v) is 9.11. The number of rotatable bonds is 7. The highest BCUT2D eigenvalue weighted by Gasteiger charge is 2.33. The number of thiazole rings is 1. The third-order valence-corrected chi connectivity index (χ3v) is 6.74. The molecule has 1 aromatic heterocycles. The Balaban J connectivity index is 1.96. The lowest BCUT2D eigenvalue weighted by Crippen LogP contribution is -2.39. The molecule has 0 aliphatic carbocycles. The summed E-state index contributed by atoms with van der Waals surface area (Å²) in [7, 11) is 1.57. The molecule has 1 aliphatic heterocycles. The lowest BCUT2D eigenvalue weighted by Gasteiger charge is -2.24. The first-order valence-corrected chi connectivity index (χ1v) is 12.3. The predicted octanol–water partition coefficient (Wildman–Crippen LogP) is 3.86. The van der Waals surface area contributed by atoms with Crippen molar-refractivity contribution in [1.29, 1.82) is 0 Å². The van der Waals surface area contributed by atoms with Crippen molar-refractivity contribution in [1.82, 2.24) is 4.57 Å². The van der Waals surface area contributed by atoms with Gasteiger partial charge in [-0.3, -0.25) is 9.36 Å². The predicted molar refractivity (Wildman–Crippen MR) is 136 cm³/mol. The third kappa shape index (κ3) is 4.76. The van der Waals surface area contributed by atoms with Gasteiger partial charge in [0.15, 0.2) is 16.3 Å². The van der Waals surface area contributed by atoms with E-state index < -0.39 is 12.0 Å².